The SMILES string of the molecule is CC(C)N1C(=O)C[C@H](NC(=O)Nc2ccc(F)cc2)C1=O. The van der Waals surface area contributed by atoms with E-state index in [-0.39, 0.29) is 18.4 Å². The molecule has 6 nitrogen and oxygen atoms in total. The van der Waals surface area contributed by atoms with Crippen molar-refractivity contribution in [1.82, 2.24) is 10.2 Å². The Morgan fingerprint density at radius 2 is 1.90 bits per heavy atom. The second kappa shape index (κ2) is 5.90. The van der Waals surface area contributed by atoms with Crippen LogP contribution < -0.4 is 10.6 Å². The molecule has 4 amide bonds. The van der Waals surface area contributed by atoms with E-state index in [1.54, 1.807) is 13.8 Å². The summed E-state index contributed by atoms with van der Waals surface area (Å²) < 4.78 is 12.7. The van der Waals surface area contributed by atoms with Crippen molar-refractivity contribution in [2.75, 3.05) is 5.32 Å². The second-order valence-electron chi connectivity index (χ2n) is 5.06. The van der Waals surface area contributed by atoms with Gasteiger partial charge in [-0.25, -0.2) is 9.18 Å². The molecule has 1 aromatic carbocycles. The molecule has 2 N–H and O–H groups in total. The molecule has 0 radical (unpaired) electrons. The van der Waals surface area contributed by atoms with Crippen LogP contribution in [0.4, 0.5) is 14.9 Å². The Balaban J connectivity index is 1.96. The third kappa shape index (κ3) is 3.36. The number of rotatable bonds is 3. The first-order valence-corrected chi connectivity index (χ1v) is 6.57. The number of anilines is 1. The van der Waals surface area contributed by atoms with Gasteiger partial charge >= 0.3 is 6.03 Å². The molecule has 1 aliphatic rings. The lowest BCUT2D eigenvalue weighted by atomic mass is 10.2. The summed E-state index contributed by atoms with van der Waals surface area (Å²) in [5.41, 5.74) is 0.395. The minimum absolute atomic E-state index is 0.0478. The van der Waals surface area contributed by atoms with Gasteiger partial charge in [0.2, 0.25) is 5.91 Å². The summed E-state index contributed by atoms with van der Waals surface area (Å²) in [6, 6.07) is 3.50. The van der Waals surface area contributed by atoms with Crippen molar-refractivity contribution < 1.29 is 18.8 Å². The fourth-order valence-corrected chi connectivity index (χ4v) is 2.16. The molecule has 0 bridgehead atoms. The van der Waals surface area contributed by atoms with Gasteiger partial charge in [0.25, 0.3) is 5.91 Å². The van der Waals surface area contributed by atoms with E-state index in [0.29, 0.717) is 5.69 Å². The standard InChI is InChI=1S/C14H16FN3O3/c1-8(2)18-12(19)7-11(13(18)20)17-14(21)16-10-5-3-9(15)4-6-10/h3-6,8,11H,7H2,1-2H3,(H2,16,17,21)/t11-/m0/s1. The lowest BCUT2D eigenvalue weighted by Gasteiger charge is -2.19. The quantitative estimate of drug-likeness (QED) is 0.829. The van der Waals surface area contributed by atoms with Gasteiger partial charge in [0, 0.05) is 11.7 Å². The normalized spacial score (nSPS) is 18.3. The number of hydrogen-bond acceptors (Lipinski definition) is 3. The Bertz CT molecular complexity index is 571. The molecule has 2 rings (SSSR count). The van der Waals surface area contributed by atoms with Crippen molar-refractivity contribution in [3.8, 4) is 0 Å². The van der Waals surface area contributed by atoms with Gasteiger partial charge in [0.05, 0.1) is 6.42 Å². The maximum atomic E-state index is 12.7. The predicted octanol–water partition coefficient (Wildman–Crippen LogP) is 1.48. The minimum atomic E-state index is -0.861. The molecule has 1 aromatic rings. The maximum Gasteiger partial charge on any atom is 0.319 e. The van der Waals surface area contributed by atoms with Crippen LogP contribution in [0.1, 0.15) is 20.3 Å². The topological polar surface area (TPSA) is 78.5 Å². The summed E-state index contributed by atoms with van der Waals surface area (Å²) in [6.07, 6.45) is -0.0478. The summed E-state index contributed by atoms with van der Waals surface area (Å²) in [5.74, 6) is -1.13. The van der Waals surface area contributed by atoms with Crippen molar-refractivity contribution in [1.29, 1.82) is 0 Å². The van der Waals surface area contributed by atoms with Gasteiger partial charge in [-0.15, -0.1) is 0 Å². The van der Waals surface area contributed by atoms with Gasteiger partial charge in [-0.05, 0) is 38.1 Å². The van der Waals surface area contributed by atoms with Crippen molar-refractivity contribution in [2.24, 2.45) is 0 Å². The van der Waals surface area contributed by atoms with E-state index >= 15 is 0 Å². The fourth-order valence-electron chi connectivity index (χ4n) is 2.16. The number of benzene rings is 1. The van der Waals surface area contributed by atoms with E-state index in [1.807, 2.05) is 0 Å². The highest BCUT2D eigenvalue weighted by Gasteiger charge is 2.40. The minimum Gasteiger partial charge on any atom is -0.326 e. The number of nitrogens with one attached hydrogen (secondary N) is 2. The summed E-state index contributed by atoms with van der Waals surface area (Å²) >= 11 is 0. The number of amides is 4. The summed E-state index contributed by atoms with van der Waals surface area (Å²) in [4.78, 5) is 36.6. The molecular formula is C14H16FN3O3. The van der Waals surface area contributed by atoms with Crippen molar-refractivity contribution >= 4 is 23.5 Å². The Morgan fingerprint density at radius 3 is 2.43 bits per heavy atom. The second-order valence-corrected chi connectivity index (χ2v) is 5.06. The van der Waals surface area contributed by atoms with Crippen LogP contribution >= 0.6 is 0 Å². The molecule has 0 spiro atoms. The van der Waals surface area contributed by atoms with E-state index in [1.165, 1.54) is 24.3 Å². The zero-order chi connectivity index (χ0) is 15.6. The number of hydrogen-bond donors (Lipinski definition) is 2. The van der Waals surface area contributed by atoms with E-state index < -0.39 is 23.8 Å². The largest absolute Gasteiger partial charge is 0.326 e. The molecule has 21 heavy (non-hydrogen) atoms. The molecule has 1 aliphatic heterocycles. The van der Waals surface area contributed by atoms with E-state index in [2.05, 4.69) is 10.6 Å². The number of carbonyl (C=O) groups is 3. The monoisotopic (exact) mass is 293 g/mol. The Morgan fingerprint density at radius 1 is 1.29 bits per heavy atom. The molecule has 112 valence electrons. The van der Waals surface area contributed by atoms with E-state index in [4.69, 9.17) is 0 Å². The molecule has 0 aromatic heterocycles. The number of imide groups is 1. The molecule has 1 fully saturated rings. The Labute approximate surface area is 121 Å². The van der Waals surface area contributed by atoms with Crippen LogP contribution in [0.3, 0.4) is 0 Å². The Kier molecular flexibility index (Phi) is 4.21. The van der Waals surface area contributed by atoms with Crippen LogP contribution in [0, 0.1) is 5.82 Å². The van der Waals surface area contributed by atoms with Gasteiger partial charge < -0.3 is 10.6 Å². The number of halogens is 1. The van der Waals surface area contributed by atoms with E-state index in [9.17, 15) is 18.8 Å². The Hall–Kier alpha value is -2.44. The average Bonchev–Trinajstić information content (AvgIpc) is 2.67. The zero-order valence-electron chi connectivity index (χ0n) is 11.7. The smallest absolute Gasteiger partial charge is 0.319 e. The van der Waals surface area contributed by atoms with Crippen LogP contribution in [-0.4, -0.2) is 34.8 Å². The average molecular weight is 293 g/mol. The number of urea groups is 1. The molecular weight excluding hydrogens is 277 g/mol. The first-order valence-electron chi connectivity index (χ1n) is 6.57. The molecule has 7 heteroatoms. The summed E-state index contributed by atoms with van der Waals surface area (Å²) in [6.45, 7) is 3.47. The van der Waals surface area contributed by atoms with Crippen molar-refractivity contribution in [3.05, 3.63) is 30.1 Å². The first kappa shape index (κ1) is 15.0. The molecule has 0 unspecified atom stereocenters. The highest BCUT2D eigenvalue weighted by molar-refractivity contribution is 6.07. The maximum absolute atomic E-state index is 12.7. The van der Waals surface area contributed by atoms with Gasteiger partial charge in [0.1, 0.15) is 11.9 Å². The van der Waals surface area contributed by atoms with Crippen LogP contribution in [0.5, 0.6) is 0 Å². The van der Waals surface area contributed by atoms with Crippen LogP contribution in [0.15, 0.2) is 24.3 Å². The van der Waals surface area contributed by atoms with Gasteiger partial charge in [-0.1, -0.05) is 0 Å². The highest BCUT2D eigenvalue weighted by Crippen LogP contribution is 2.16. The fraction of sp³-hybridized carbons (Fsp3) is 0.357. The van der Waals surface area contributed by atoms with Gasteiger partial charge in [0.15, 0.2) is 0 Å². The van der Waals surface area contributed by atoms with Gasteiger partial charge in [-0.2, -0.15) is 0 Å². The summed E-state index contributed by atoms with van der Waals surface area (Å²) in [5, 5.41) is 4.93. The summed E-state index contributed by atoms with van der Waals surface area (Å²) in [7, 11) is 0. The molecule has 0 saturated carbocycles. The predicted molar refractivity (Wildman–Crippen MR) is 73.9 cm³/mol. The lowest BCUT2D eigenvalue weighted by Crippen LogP contribution is -2.45. The highest BCUT2D eigenvalue weighted by atomic mass is 19.1. The zero-order valence-corrected chi connectivity index (χ0v) is 11.7. The lowest BCUT2D eigenvalue weighted by molar-refractivity contribution is -0.140. The van der Waals surface area contributed by atoms with Crippen LogP contribution in [-0.2, 0) is 9.59 Å². The molecule has 1 heterocycles. The third-order valence-electron chi connectivity index (χ3n) is 3.11. The molecule has 1 atom stereocenters. The van der Waals surface area contributed by atoms with Crippen molar-refractivity contribution in [2.45, 2.75) is 32.4 Å². The molecule has 0 aliphatic carbocycles. The van der Waals surface area contributed by atoms with E-state index in [0.717, 1.165) is 4.90 Å². The van der Waals surface area contributed by atoms with Crippen LogP contribution in [0.25, 0.3) is 0 Å². The molecule has 1 saturated heterocycles. The van der Waals surface area contributed by atoms with Crippen molar-refractivity contribution in [3.63, 3.8) is 0 Å². The first-order chi connectivity index (χ1) is 9.88. The van der Waals surface area contributed by atoms with Crippen LogP contribution in [0.2, 0.25) is 0 Å². The number of carbonyl (C=O) groups excluding carboxylic acids is 3. The van der Waals surface area contributed by atoms with Gasteiger partial charge in [-0.3, -0.25) is 14.5 Å². The third-order valence-corrected chi connectivity index (χ3v) is 3.11. The number of nitrogens with zero attached hydrogens (tertiary/aromatic N) is 1. The number of likely N-dealkylation sites (tertiary alicyclic amines) is 1.